The van der Waals surface area contributed by atoms with E-state index in [4.69, 9.17) is 4.74 Å². The van der Waals surface area contributed by atoms with E-state index in [2.05, 4.69) is 0 Å². The molecule has 0 aromatic heterocycles. The Labute approximate surface area is 76.3 Å². The Bertz CT molecular complexity index is 308. The average Bonchev–Trinajstić information content (AvgIpc) is 2.09. The van der Waals surface area contributed by atoms with Crippen molar-refractivity contribution in [2.75, 3.05) is 0 Å². The van der Waals surface area contributed by atoms with Crippen molar-refractivity contribution in [2.24, 2.45) is 0 Å². The number of carbonyl (C=O) groups is 1. The maximum Gasteiger partial charge on any atom is 0.165 e. The SMILES string of the molecule is CC(C)(C=O)Oc1ccccc1F. The molecule has 70 valence electrons. The summed E-state index contributed by atoms with van der Waals surface area (Å²) in [6, 6.07) is 5.99. The van der Waals surface area contributed by atoms with Gasteiger partial charge in [0.05, 0.1) is 0 Å². The van der Waals surface area contributed by atoms with E-state index in [1.165, 1.54) is 12.1 Å². The summed E-state index contributed by atoms with van der Waals surface area (Å²) in [7, 11) is 0. The van der Waals surface area contributed by atoms with E-state index in [1.807, 2.05) is 0 Å². The number of aldehydes is 1. The van der Waals surface area contributed by atoms with E-state index >= 15 is 0 Å². The van der Waals surface area contributed by atoms with Crippen molar-refractivity contribution in [3.63, 3.8) is 0 Å². The van der Waals surface area contributed by atoms with Gasteiger partial charge in [-0.3, -0.25) is 4.79 Å². The predicted molar refractivity (Wildman–Crippen MR) is 47.2 cm³/mol. The van der Waals surface area contributed by atoms with Crippen molar-refractivity contribution >= 4 is 6.29 Å². The van der Waals surface area contributed by atoms with Crippen LogP contribution in [0.2, 0.25) is 0 Å². The maximum absolute atomic E-state index is 13.0. The van der Waals surface area contributed by atoms with Crippen molar-refractivity contribution in [3.8, 4) is 5.75 Å². The van der Waals surface area contributed by atoms with Crippen LogP contribution in [-0.4, -0.2) is 11.9 Å². The first-order valence-electron chi connectivity index (χ1n) is 3.95. The molecule has 0 atom stereocenters. The monoisotopic (exact) mass is 182 g/mol. The zero-order valence-electron chi connectivity index (χ0n) is 7.58. The first-order valence-corrected chi connectivity index (χ1v) is 3.95. The Hall–Kier alpha value is -1.38. The summed E-state index contributed by atoms with van der Waals surface area (Å²) in [6.07, 6.45) is 0.638. The Kier molecular flexibility index (Phi) is 2.66. The van der Waals surface area contributed by atoms with Crippen LogP contribution in [0, 0.1) is 5.82 Å². The Morgan fingerprint density at radius 1 is 1.38 bits per heavy atom. The molecule has 0 saturated carbocycles. The van der Waals surface area contributed by atoms with Gasteiger partial charge in [-0.25, -0.2) is 4.39 Å². The summed E-state index contributed by atoms with van der Waals surface area (Å²) in [5.74, 6) is -0.364. The Balaban J connectivity index is 2.86. The number of hydrogen-bond donors (Lipinski definition) is 0. The van der Waals surface area contributed by atoms with E-state index in [-0.39, 0.29) is 5.75 Å². The lowest BCUT2D eigenvalue weighted by Gasteiger charge is -2.19. The third-order valence-electron chi connectivity index (χ3n) is 1.49. The van der Waals surface area contributed by atoms with E-state index < -0.39 is 11.4 Å². The van der Waals surface area contributed by atoms with Crippen LogP contribution in [0.4, 0.5) is 4.39 Å². The molecule has 2 nitrogen and oxygen atoms in total. The summed E-state index contributed by atoms with van der Waals surface area (Å²) in [6.45, 7) is 3.15. The van der Waals surface area contributed by atoms with Gasteiger partial charge in [0.15, 0.2) is 23.5 Å². The molecule has 0 unspecified atom stereocenters. The molecule has 0 N–H and O–H groups in total. The van der Waals surface area contributed by atoms with Crippen molar-refractivity contribution in [1.82, 2.24) is 0 Å². The molecule has 0 aliphatic rings. The average molecular weight is 182 g/mol. The standard InChI is InChI=1S/C10H11FO2/c1-10(2,7-12)13-9-6-4-3-5-8(9)11/h3-7H,1-2H3. The molecule has 13 heavy (non-hydrogen) atoms. The minimum absolute atomic E-state index is 0.0969. The Morgan fingerprint density at radius 2 is 2.00 bits per heavy atom. The van der Waals surface area contributed by atoms with Crippen LogP contribution >= 0.6 is 0 Å². The van der Waals surface area contributed by atoms with Crippen molar-refractivity contribution < 1.29 is 13.9 Å². The number of carbonyl (C=O) groups excluding carboxylic acids is 1. The molecule has 1 rings (SSSR count). The zero-order valence-corrected chi connectivity index (χ0v) is 7.58. The van der Waals surface area contributed by atoms with Crippen LogP contribution in [-0.2, 0) is 4.79 Å². The second kappa shape index (κ2) is 3.56. The summed E-state index contributed by atoms with van der Waals surface area (Å²) in [5.41, 5.74) is -0.984. The van der Waals surface area contributed by atoms with Gasteiger partial charge in [-0.05, 0) is 26.0 Å². The van der Waals surface area contributed by atoms with Gasteiger partial charge in [-0.2, -0.15) is 0 Å². The third-order valence-corrected chi connectivity index (χ3v) is 1.49. The number of benzene rings is 1. The number of hydrogen-bond acceptors (Lipinski definition) is 2. The molecule has 0 radical (unpaired) electrons. The summed E-state index contributed by atoms with van der Waals surface area (Å²) < 4.78 is 18.2. The van der Waals surface area contributed by atoms with Gasteiger partial charge < -0.3 is 4.74 Å². The van der Waals surface area contributed by atoms with E-state index in [1.54, 1.807) is 26.0 Å². The first kappa shape index (κ1) is 9.71. The van der Waals surface area contributed by atoms with Crippen molar-refractivity contribution in [1.29, 1.82) is 0 Å². The molecule has 0 aliphatic carbocycles. The lowest BCUT2D eigenvalue weighted by molar-refractivity contribution is -0.119. The fraction of sp³-hybridized carbons (Fsp3) is 0.300. The van der Waals surface area contributed by atoms with Crippen LogP contribution in [0.5, 0.6) is 5.75 Å². The highest BCUT2D eigenvalue weighted by Crippen LogP contribution is 2.20. The van der Waals surface area contributed by atoms with Gasteiger partial charge in [-0.15, -0.1) is 0 Å². The third kappa shape index (κ3) is 2.54. The molecule has 0 bridgehead atoms. The molecular formula is C10H11FO2. The van der Waals surface area contributed by atoms with Gasteiger partial charge in [0.25, 0.3) is 0 Å². The highest BCUT2D eigenvalue weighted by Gasteiger charge is 2.19. The molecule has 0 saturated heterocycles. The lowest BCUT2D eigenvalue weighted by atomic mass is 10.2. The minimum Gasteiger partial charge on any atom is -0.477 e. The van der Waals surface area contributed by atoms with Gasteiger partial charge in [0, 0.05) is 0 Å². The summed E-state index contributed by atoms with van der Waals surface area (Å²) >= 11 is 0. The molecule has 0 heterocycles. The largest absolute Gasteiger partial charge is 0.477 e. The summed E-state index contributed by atoms with van der Waals surface area (Å²) in [4.78, 5) is 10.5. The first-order chi connectivity index (χ1) is 6.05. The van der Waals surface area contributed by atoms with Crippen LogP contribution < -0.4 is 4.74 Å². The fourth-order valence-electron chi connectivity index (χ4n) is 0.835. The molecule has 0 aliphatic heterocycles. The molecule has 1 aromatic rings. The molecule has 1 aromatic carbocycles. The molecule has 0 fully saturated rings. The fourth-order valence-corrected chi connectivity index (χ4v) is 0.835. The number of rotatable bonds is 3. The van der Waals surface area contributed by atoms with Gasteiger partial charge in [0.1, 0.15) is 0 Å². The highest BCUT2D eigenvalue weighted by atomic mass is 19.1. The normalized spacial score (nSPS) is 11.0. The van der Waals surface area contributed by atoms with Gasteiger partial charge >= 0.3 is 0 Å². The molecule has 0 spiro atoms. The van der Waals surface area contributed by atoms with Crippen LogP contribution in [0.1, 0.15) is 13.8 Å². The quantitative estimate of drug-likeness (QED) is 0.670. The Morgan fingerprint density at radius 3 is 2.54 bits per heavy atom. The van der Waals surface area contributed by atoms with Crippen LogP contribution in [0.25, 0.3) is 0 Å². The van der Waals surface area contributed by atoms with Crippen molar-refractivity contribution in [3.05, 3.63) is 30.1 Å². The van der Waals surface area contributed by atoms with Gasteiger partial charge in [0.2, 0.25) is 0 Å². The maximum atomic E-state index is 13.0. The minimum atomic E-state index is -0.984. The van der Waals surface area contributed by atoms with Crippen molar-refractivity contribution in [2.45, 2.75) is 19.4 Å². The number of halogens is 1. The number of para-hydroxylation sites is 1. The second-order valence-corrected chi connectivity index (χ2v) is 3.25. The predicted octanol–water partition coefficient (Wildman–Crippen LogP) is 2.18. The second-order valence-electron chi connectivity index (χ2n) is 3.25. The summed E-state index contributed by atoms with van der Waals surface area (Å²) in [5, 5.41) is 0. The highest BCUT2D eigenvalue weighted by molar-refractivity contribution is 5.61. The van der Waals surface area contributed by atoms with E-state index in [0.29, 0.717) is 6.29 Å². The van der Waals surface area contributed by atoms with Crippen LogP contribution in [0.15, 0.2) is 24.3 Å². The molecular weight excluding hydrogens is 171 g/mol. The smallest absolute Gasteiger partial charge is 0.165 e. The zero-order chi connectivity index (χ0) is 9.90. The van der Waals surface area contributed by atoms with Gasteiger partial charge in [-0.1, -0.05) is 12.1 Å². The lowest BCUT2D eigenvalue weighted by Crippen LogP contribution is -2.30. The van der Waals surface area contributed by atoms with E-state index in [0.717, 1.165) is 0 Å². The number of ether oxygens (including phenoxy) is 1. The van der Waals surface area contributed by atoms with E-state index in [9.17, 15) is 9.18 Å². The molecule has 3 heteroatoms. The topological polar surface area (TPSA) is 26.3 Å². The van der Waals surface area contributed by atoms with Crippen LogP contribution in [0.3, 0.4) is 0 Å². The molecule has 0 amide bonds.